The fraction of sp³-hybridized carbons (Fsp3) is 0.471. The number of carbonyl (C=O) groups is 1. The Hall–Kier alpha value is -1.99. The molecule has 128 valence electrons. The van der Waals surface area contributed by atoms with Crippen molar-refractivity contribution in [1.29, 1.82) is 0 Å². The third-order valence-electron chi connectivity index (χ3n) is 4.28. The lowest BCUT2D eigenvalue weighted by Gasteiger charge is -2.23. The lowest BCUT2D eigenvalue weighted by molar-refractivity contribution is 0.0953. The summed E-state index contributed by atoms with van der Waals surface area (Å²) in [5, 5.41) is 15.5. The zero-order chi connectivity index (χ0) is 16.8. The second-order valence-electron chi connectivity index (χ2n) is 6.06. The summed E-state index contributed by atoms with van der Waals surface area (Å²) < 4.78 is 0. The molecule has 1 aromatic heterocycles. The number of nitrogens with one attached hydrogen (secondary N) is 2. The summed E-state index contributed by atoms with van der Waals surface area (Å²) in [5.41, 5.74) is 7.57. The van der Waals surface area contributed by atoms with E-state index in [4.69, 9.17) is 5.73 Å². The Morgan fingerprint density at radius 1 is 1.33 bits per heavy atom. The number of nitrogen functional groups attached to an aromatic ring is 1. The highest BCUT2D eigenvalue weighted by Gasteiger charge is 2.15. The van der Waals surface area contributed by atoms with Crippen LogP contribution in [0.15, 0.2) is 24.3 Å². The second kappa shape index (κ2) is 8.21. The van der Waals surface area contributed by atoms with Crippen LogP contribution in [0.1, 0.15) is 46.1 Å². The number of rotatable bonds is 6. The number of aromatic nitrogens is 2. The average Bonchev–Trinajstić information content (AvgIpc) is 3.05. The summed E-state index contributed by atoms with van der Waals surface area (Å²) in [6.07, 6.45) is 4.04. The Morgan fingerprint density at radius 3 is 2.83 bits per heavy atom. The number of carbonyl (C=O) groups excluding carboxylic acids is 1. The van der Waals surface area contributed by atoms with Gasteiger partial charge in [0.15, 0.2) is 0 Å². The third-order valence-corrected chi connectivity index (χ3v) is 5.09. The Kier molecular flexibility index (Phi) is 5.77. The normalized spacial score (nSPS) is 17.6. The van der Waals surface area contributed by atoms with Crippen LogP contribution >= 0.6 is 11.3 Å². The minimum absolute atomic E-state index is 0.0277. The molecule has 0 bridgehead atoms. The van der Waals surface area contributed by atoms with Gasteiger partial charge in [-0.1, -0.05) is 23.5 Å². The van der Waals surface area contributed by atoms with Crippen molar-refractivity contribution in [3.63, 3.8) is 0 Å². The van der Waals surface area contributed by atoms with Crippen LogP contribution in [0.4, 0.5) is 5.13 Å². The van der Waals surface area contributed by atoms with Crippen LogP contribution < -0.4 is 16.4 Å². The van der Waals surface area contributed by atoms with Gasteiger partial charge >= 0.3 is 0 Å². The molecule has 7 heteroatoms. The summed E-state index contributed by atoms with van der Waals surface area (Å²) in [7, 11) is 0. The molecule has 1 amide bonds. The van der Waals surface area contributed by atoms with Crippen LogP contribution in [-0.2, 0) is 6.42 Å². The van der Waals surface area contributed by atoms with Crippen LogP contribution in [0, 0.1) is 0 Å². The summed E-state index contributed by atoms with van der Waals surface area (Å²) >= 11 is 1.40. The van der Waals surface area contributed by atoms with E-state index in [0.717, 1.165) is 30.9 Å². The SMILES string of the molecule is Nc1nnc(CCCNC(=O)c2ccc([C@H]3CCCNC3)cc2)s1. The van der Waals surface area contributed by atoms with Gasteiger partial charge in [0.05, 0.1) is 0 Å². The molecule has 0 radical (unpaired) electrons. The van der Waals surface area contributed by atoms with E-state index >= 15 is 0 Å². The molecule has 1 aliphatic rings. The molecule has 2 heterocycles. The van der Waals surface area contributed by atoms with Crippen molar-refractivity contribution in [2.24, 2.45) is 0 Å². The monoisotopic (exact) mass is 345 g/mol. The number of hydrogen-bond donors (Lipinski definition) is 3. The van der Waals surface area contributed by atoms with Gasteiger partial charge in [-0.05, 0) is 49.4 Å². The number of nitrogens with two attached hydrogens (primary N) is 1. The summed E-state index contributed by atoms with van der Waals surface area (Å²) in [4.78, 5) is 12.2. The summed E-state index contributed by atoms with van der Waals surface area (Å²) in [6.45, 7) is 2.76. The number of aryl methyl sites for hydroxylation is 1. The average molecular weight is 345 g/mol. The Morgan fingerprint density at radius 2 is 2.17 bits per heavy atom. The molecular weight excluding hydrogens is 322 g/mol. The molecule has 0 saturated carbocycles. The highest BCUT2D eigenvalue weighted by atomic mass is 32.1. The van der Waals surface area contributed by atoms with E-state index in [1.807, 2.05) is 12.1 Å². The molecule has 2 aromatic rings. The molecule has 24 heavy (non-hydrogen) atoms. The Labute approximate surface area is 145 Å². The van der Waals surface area contributed by atoms with E-state index < -0.39 is 0 Å². The topological polar surface area (TPSA) is 92.9 Å². The lowest BCUT2D eigenvalue weighted by Crippen LogP contribution is -2.28. The number of anilines is 1. The third kappa shape index (κ3) is 4.52. The standard InChI is InChI=1S/C17H23N5OS/c18-17-22-21-15(24-17)4-2-10-20-16(23)13-7-5-12(6-8-13)14-3-1-9-19-11-14/h5-8,14,19H,1-4,9-11H2,(H2,18,22)(H,20,23)/t14-/m0/s1. The zero-order valence-corrected chi connectivity index (χ0v) is 14.4. The van der Waals surface area contributed by atoms with E-state index in [9.17, 15) is 4.79 Å². The van der Waals surface area contributed by atoms with Gasteiger partial charge in [0.1, 0.15) is 5.01 Å². The van der Waals surface area contributed by atoms with Crippen molar-refractivity contribution < 1.29 is 4.79 Å². The predicted molar refractivity (Wildman–Crippen MR) is 96.3 cm³/mol. The van der Waals surface area contributed by atoms with Crippen LogP contribution in [0.5, 0.6) is 0 Å². The molecule has 1 atom stereocenters. The van der Waals surface area contributed by atoms with E-state index in [-0.39, 0.29) is 5.91 Å². The van der Waals surface area contributed by atoms with E-state index in [0.29, 0.717) is 23.2 Å². The van der Waals surface area contributed by atoms with Crippen LogP contribution in [0.2, 0.25) is 0 Å². The summed E-state index contributed by atoms with van der Waals surface area (Å²) in [6, 6.07) is 8.00. The van der Waals surface area contributed by atoms with Gasteiger partial charge in [0, 0.05) is 25.1 Å². The van der Waals surface area contributed by atoms with Crippen LogP contribution in [0.25, 0.3) is 0 Å². The minimum atomic E-state index is -0.0277. The molecule has 0 spiro atoms. The first-order valence-corrected chi connectivity index (χ1v) is 9.21. The molecule has 1 aromatic carbocycles. The van der Waals surface area contributed by atoms with Crippen molar-refractivity contribution in [2.45, 2.75) is 31.6 Å². The van der Waals surface area contributed by atoms with Gasteiger partial charge in [-0.3, -0.25) is 4.79 Å². The molecule has 6 nitrogen and oxygen atoms in total. The Bertz CT molecular complexity index is 664. The van der Waals surface area contributed by atoms with Gasteiger partial charge in [-0.2, -0.15) is 0 Å². The van der Waals surface area contributed by atoms with Crippen molar-refractivity contribution in [3.8, 4) is 0 Å². The molecule has 0 aliphatic carbocycles. The molecule has 0 unspecified atom stereocenters. The first kappa shape index (κ1) is 16.9. The number of amides is 1. The predicted octanol–water partition coefficient (Wildman–Crippen LogP) is 1.95. The van der Waals surface area contributed by atoms with Gasteiger partial charge in [0.2, 0.25) is 5.13 Å². The number of benzene rings is 1. The first-order valence-electron chi connectivity index (χ1n) is 8.39. The fourth-order valence-corrected chi connectivity index (χ4v) is 3.61. The van der Waals surface area contributed by atoms with E-state index in [1.165, 1.54) is 29.7 Å². The lowest BCUT2D eigenvalue weighted by atomic mass is 9.91. The largest absolute Gasteiger partial charge is 0.374 e. The second-order valence-corrected chi connectivity index (χ2v) is 7.15. The molecule has 1 fully saturated rings. The molecule has 1 saturated heterocycles. The first-order chi connectivity index (χ1) is 11.7. The van der Waals surface area contributed by atoms with Gasteiger partial charge in [-0.25, -0.2) is 0 Å². The van der Waals surface area contributed by atoms with E-state index in [1.54, 1.807) is 0 Å². The number of piperidine rings is 1. The van der Waals surface area contributed by atoms with Crippen molar-refractivity contribution in [2.75, 3.05) is 25.4 Å². The molecule has 1 aliphatic heterocycles. The van der Waals surface area contributed by atoms with E-state index in [2.05, 4.69) is 33.0 Å². The van der Waals surface area contributed by atoms with Gasteiger partial charge < -0.3 is 16.4 Å². The number of hydrogen-bond acceptors (Lipinski definition) is 6. The molecular formula is C17H23N5OS. The smallest absolute Gasteiger partial charge is 0.251 e. The van der Waals surface area contributed by atoms with Crippen LogP contribution in [-0.4, -0.2) is 35.7 Å². The zero-order valence-electron chi connectivity index (χ0n) is 13.6. The Balaban J connectivity index is 1.44. The highest BCUT2D eigenvalue weighted by Crippen LogP contribution is 2.23. The molecule has 3 rings (SSSR count). The van der Waals surface area contributed by atoms with Crippen LogP contribution in [0.3, 0.4) is 0 Å². The van der Waals surface area contributed by atoms with Crippen molar-refractivity contribution in [1.82, 2.24) is 20.8 Å². The minimum Gasteiger partial charge on any atom is -0.374 e. The van der Waals surface area contributed by atoms with Gasteiger partial charge in [-0.15, -0.1) is 10.2 Å². The molecule has 4 N–H and O–H groups in total. The van der Waals surface area contributed by atoms with Crippen molar-refractivity contribution in [3.05, 3.63) is 40.4 Å². The maximum Gasteiger partial charge on any atom is 0.251 e. The quantitative estimate of drug-likeness (QED) is 0.696. The van der Waals surface area contributed by atoms with Gasteiger partial charge in [0.25, 0.3) is 5.91 Å². The maximum absolute atomic E-state index is 12.2. The van der Waals surface area contributed by atoms with Crippen molar-refractivity contribution >= 4 is 22.4 Å². The highest BCUT2D eigenvalue weighted by molar-refractivity contribution is 7.15. The maximum atomic E-state index is 12.2. The summed E-state index contributed by atoms with van der Waals surface area (Å²) in [5.74, 6) is 0.537. The number of nitrogens with zero attached hydrogens (tertiary/aromatic N) is 2. The fourth-order valence-electron chi connectivity index (χ4n) is 2.95.